The number of ether oxygens (including phenoxy) is 1. The van der Waals surface area contributed by atoms with Crippen LogP contribution in [0.25, 0.3) is 0 Å². The van der Waals surface area contributed by atoms with Crippen LogP contribution in [0, 0.1) is 5.41 Å². The Kier molecular flexibility index (Phi) is 12.8. The molecule has 0 atom stereocenters. The van der Waals surface area contributed by atoms with Crippen LogP contribution in [0.1, 0.15) is 66.7 Å². The van der Waals surface area contributed by atoms with Gasteiger partial charge in [0, 0.05) is 6.08 Å². The summed E-state index contributed by atoms with van der Waals surface area (Å²) in [6, 6.07) is 0. The third-order valence-electron chi connectivity index (χ3n) is 3.62. The van der Waals surface area contributed by atoms with Gasteiger partial charge in [0.25, 0.3) is 0 Å². The molecule has 0 aliphatic heterocycles. The lowest BCUT2D eigenvalue weighted by Gasteiger charge is -2.28. The SMILES string of the molecule is C=CC(=O)OCCC.CCC(CC)(CC)CC. The molecular weight excluding hydrogens is 212 g/mol. The minimum Gasteiger partial charge on any atom is -0.463 e. The van der Waals surface area contributed by atoms with Crippen molar-refractivity contribution in [3.05, 3.63) is 12.7 Å². The number of esters is 1. The maximum absolute atomic E-state index is 10.2. The van der Waals surface area contributed by atoms with Crippen molar-refractivity contribution < 1.29 is 9.53 Å². The van der Waals surface area contributed by atoms with Gasteiger partial charge in [-0.05, 0) is 11.8 Å². The molecule has 0 aliphatic carbocycles. The van der Waals surface area contributed by atoms with Crippen molar-refractivity contribution in [2.24, 2.45) is 5.41 Å². The summed E-state index contributed by atoms with van der Waals surface area (Å²) in [6.07, 6.45) is 7.40. The lowest BCUT2D eigenvalue weighted by Crippen LogP contribution is -2.15. The van der Waals surface area contributed by atoms with E-state index in [9.17, 15) is 4.79 Å². The molecule has 2 nitrogen and oxygen atoms in total. The topological polar surface area (TPSA) is 26.3 Å². The zero-order valence-corrected chi connectivity index (χ0v) is 12.3. The molecule has 0 aromatic rings. The van der Waals surface area contributed by atoms with Crippen LogP contribution in [0.2, 0.25) is 0 Å². The summed E-state index contributed by atoms with van der Waals surface area (Å²) in [4.78, 5) is 10.2. The van der Waals surface area contributed by atoms with E-state index in [1.165, 1.54) is 25.7 Å². The lowest BCUT2D eigenvalue weighted by atomic mass is 9.78. The molecular formula is C15H30O2. The average molecular weight is 242 g/mol. The van der Waals surface area contributed by atoms with Gasteiger partial charge in [0.05, 0.1) is 6.61 Å². The highest BCUT2D eigenvalue weighted by Gasteiger charge is 2.20. The van der Waals surface area contributed by atoms with Crippen LogP contribution in [0.15, 0.2) is 12.7 Å². The molecule has 0 radical (unpaired) electrons. The summed E-state index contributed by atoms with van der Waals surface area (Å²) < 4.78 is 4.58. The fraction of sp³-hybridized carbons (Fsp3) is 0.800. The van der Waals surface area contributed by atoms with Crippen molar-refractivity contribution in [1.29, 1.82) is 0 Å². The third kappa shape index (κ3) is 8.96. The first-order valence-corrected chi connectivity index (χ1v) is 6.84. The Balaban J connectivity index is 0. The molecule has 0 aromatic carbocycles. The zero-order valence-electron chi connectivity index (χ0n) is 12.3. The Labute approximate surface area is 107 Å². The van der Waals surface area contributed by atoms with E-state index in [0.29, 0.717) is 12.0 Å². The summed E-state index contributed by atoms with van der Waals surface area (Å²) >= 11 is 0. The smallest absolute Gasteiger partial charge is 0.330 e. The molecule has 0 unspecified atom stereocenters. The highest BCUT2D eigenvalue weighted by molar-refractivity contribution is 5.81. The second-order valence-electron chi connectivity index (χ2n) is 4.29. The number of hydrogen-bond acceptors (Lipinski definition) is 2. The van der Waals surface area contributed by atoms with Crippen LogP contribution < -0.4 is 0 Å². The first-order chi connectivity index (χ1) is 8.05. The van der Waals surface area contributed by atoms with E-state index >= 15 is 0 Å². The van der Waals surface area contributed by atoms with E-state index in [1.54, 1.807) is 0 Å². The molecule has 0 amide bonds. The van der Waals surface area contributed by atoms with E-state index in [-0.39, 0.29) is 5.97 Å². The summed E-state index contributed by atoms with van der Waals surface area (Å²) in [5, 5.41) is 0. The van der Waals surface area contributed by atoms with Crippen LogP contribution in [-0.4, -0.2) is 12.6 Å². The Bertz CT molecular complexity index is 176. The largest absolute Gasteiger partial charge is 0.463 e. The second-order valence-corrected chi connectivity index (χ2v) is 4.29. The van der Waals surface area contributed by atoms with Gasteiger partial charge in [0.1, 0.15) is 0 Å². The highest BCUT2D eigenvalue weighted by Crippen LogP contribution is 2.33. The van der Waals surface area contributed by atoms with Gasteiger partial charge < -0.3 is 4.74 Å². The van der Waals surface area contributed by atoms with Gasteiger partial charge >= 0.3 is 5.97 Å². The van der Waals surface area contributed by atoms with Crippen molar-refractivity contribution in [3.63, 3.8) is 0 Å². The van der Waals surface area contributed by atoms with Crippen molar-refractivity contribution in [1.82, 2.24) is 0 Å². The molecule has 0 rings (SSSR count). The normalized spacial score (nSPS) is 10.2. The molecule has 0 spiro atoms. The quantitative estimate of drug-likeness (QED) is 0.476. The molecule has 0 heterocycles. The number of hydrogen-bond donors (Lipinski definition) is 0. The number of carbonyl (C=O) groups is 1. The first kappa shape index (κ1) is 18.6. The summed E-state index contributed by atoms with van der Waals surface area (Å²) in [7, 11) is 0. The standard InChI is InChI=1S/C9H20.C6H10O2/c1-5-9(6-2,7-3)8-4;1-3-5-8-6(7)4-2/h5-8H2,1-4H3;4H,2-3,5H2,1H3. The van der Waals surface area contributed by atoms with Gasteiger partial charge in [-0.2, -0.15) is 0 Å². The van der Waals surface area contributed by atoms with Gasteiger partial charge in [-0.3, -0.25) is 0 Å². The summed E-state index contributed by atoms with van der Waals surface area (Å²) in [5.41, 5.74) is 0.667. The molecule has 2 heteroatoms. The van der Waals surface area contributed by atoms with E-state index in [0.717, 1.165) is 12.5 Å². The lowest BCUT2D eigenvalue weighted by molar-refractivity contribution is -0.137. The molecule has 0 N–H and O–H groups in total. The fourth-order valence-electron chi connectivity index (χ4n) is 1.76. The molecule has 0 saturated heterocycles. The van der Waals surface area contributed by atoms with Crippen molar-refractivity contribution in [3.8, 4) is 0 Å². The second kappa shape index (κ2) is 11.7. The molecule has 17 heavy (non-hydrogen) atoms. The predicted octanol–water partition coefficient (Wildman–Crippen LogP) is 4.74. The summed E-state index contributed by atoms with van der Waals surface area (Å²) in [6.45, 7) is 14.9. The van der Waals surface area contributed by atoms with Crippen molar-refractivity contribution in [2.75, 3.05) is 6.61 Å². The van der Waals surface area contributed by atoms with Gasteiger partial charge in [-0.25, -0.2) is 4.79 Å². The monoisotopic (exact) mass is 242 g/mol. The Hall–Kier alpha value is -0.790. The summed E-state index contributed by atoms with van der Waals surface area (Å²) in [5.74, 6) is -0.341. The van der Waals surface area contributed by atoms with E-state index in [2.05, 4.69) is 39.0 Å². The number of rotatable bonds is 7. The van der Waals surface area contributed by atoms with Crippen LogP contribution in [-0.2, 0) is 9.53 Å². The van der Waals surface area contributed by atoms with Crippen LogP contribution in [0.5, 0.6) is 0 Å². The average Bonchev–Trinajstić information content (AvgIpc) is 2.40. The molecule has 0 bridgehead atoms. The third-order valence-corrected chi connectivity index (χ3v) is 3.62. The molecule has 0 fully saturated rings. The van der Waals surface area contributed by atoms with Crippen LogP contribution in [0.3, 0.4) is 0 Å². The van der Waals surface area contributed by atoms with E-state index in [1.807, 2.05) is 6.92 Å². The van der Waals surface area contributed by atoms with Crippen molar-refractivity contribution >= 4 is 5.97 Å². The maximum atomic E-state index is 10.2. The van der Waals surface area contributed by atoms with Crippen molar-refractivity contribution in [2.45, 2.75) is 66.7 Å². The van der Waals surface area contributed by atoms with Gasteiger partial charge in [0.15, 0.2) is 0 Å². The van der Waals surface area contributed by atoms with Gasteiger partial charge in [0.2, 0.25) is 0 Å². The predicted molar refractivity (Wildman–Crippen MR) is 75.0 cm³/mol. The van der Waals surface area contributed by atoms with Crippen LogP contribution in [0.4, 0.5) is 0 Å². The van der Waals surface area contributed by atoms with Crippen LogP contribution >= 0.6 is 0 Å². The molecule has 0 aliphatic rings. The first-order valence-electron chi connectivity index (χ1n) is 6.84. The minimum absolute atomic E-state index is 0.341. The maximum Gasteiger partial charge on any atom is 0.330 e. The Morgan fingerprint density at radius 1 is 1.06 bits per heavy atom. The fourth-order valence-corrected chi connectivity index (χ4v) is 1.76. The van der Waals surface area contributed by atoms with E-state index in [4.69, 9.17) is 0 Å². The minimum atomic E-state index is -0.341. The highest BCUT2D eigenvalue weighted by atomic mass is 16.5. The Morgan fingerprint density at radius 2 is 1.47 bits per heavy atom. The number of carbonyl (C=O) groups excluding carboxylic acids is 1. The van der Waals surface area contributed by atoms with E-state index < -0.39 is 0 Å². The molecule has 0 saturated carbocycles. The zero-order chi connectivity index (χ0) is 13.7. The Morgan fingerprint density at radius 3 is 1.65 bits per heavy atom. The molecule has 102 valence electrons. The van der Waals surface area contributed by atoms with Gasteiger partial charge in [-0.15, -0.1) is 0 Å². The molecule has 0 aromatic heterocycles. The van der Waals surface area contributed by atoms with Gasteiger partial charge in [-0.1, -0.05) is 66.9 Å².